The molecule has 1 fully saturated rings. The number of amides is 1. The Morgan fingerprint density at radius 2 is 1.47 bits per heavy atom. The number of hydrogen-bond acceptors (Lipinski definition) is 6. The number of rotatable bonds is 8. The van der Waals surface area contributed by atoms with Crippen LogP contribution in [0.2, 0.25) is 57.4 Å². The number of aromatic nitrogens is 2. The molecule has 0 aliphatic carbocycles. The third-order valence-corrected chi connectivity index (χ3v) is 13.3. The van der Waals surface area contributed by atoms with Crippen molar-refractivity contribution in [1.82, 2.24) is 14.5 Å². The first-order chi connectivity index (χ1) is 16.1. The fraction of sp³-hybridized carbons (Fsp3) is 0.792. The van der Waals surface area contributed by atoms with Crippen LogP contribution in [0.3, 0.4) is 0 Å². The van der Waals surface area contributed by atoms with Crippen LogP contribution < -0.4 is 11.2 Å². The molecule has 1 aliphatic heterocycles. The van der Waals surface area contributed by atoms with Gasteiger partial charge in [0.2, 0.25) is 5.91 Å². The molecule has 2 rings (SSSR count). The highest BCUT2D eigenvalue weighted by Crippen LogP contribution is 2.41. The number of nitrogens with zero attached hydrogens (tertiary/aromatic N) is 2. The van der Waals surface area contributed by atoms with Gasteiger partial charge >= 0.3 is 5.69 Å². The van der Waals surface area contributed by atoms with Crippen molar-refractivity contribution in [3.63, 3.8) is 0 Å². The van der Waals surface area contributed by atoms with Gasteiger partial charge in [-0.3, -0.25) is 19.1 Å². The van der Waals surface area contributed by atoms with Crippen molar-refractivity contribution in [2.24, 2.45) is 0 Å². The van der Waals surface area contributed by atoms with Crippen LogP contribution in [0.1, 0.15) is 39.4 Å². The average molecular weight is 558 g/mol. The lowest BCUT2D eigenvalue weighted by Crippen LogP contribution is -2.51. The molecule has 1 aliphatic rings. The molecule has 36 heavy (non-hydrogen) atoms. The number of aryl methyl sites for hydroxylation is 1. The number of hydrogen-bond donors (Lipinski definition) is 1. The normalized spacial score (nSPS) is 23.9. The van der Waals surface area contributed by atoms with Gasteiger partial charge in [0.15, 0.2) is 25.0 Å². The highest BCUT2D eigenvalue weighted by molar-refractivity contribution is 6.74. The lowest BCUT2D eigenvalue weighted by Gasteiger charge is -2.39. The lowest BCUT2D eigenvalue weighted by atomic mass is 10.1. The first kappa shape index (κ1) is 30.9. The van der Waals surface area contributed by atoms with Crippen molar-refractivity contribution in [3.8, 4) is 0 Å². The molecule has 1 N–H and O–H groups in total. The van der Waals surface area contributed by atoms with Crippen molar-refractivity contribution in [1.29, 1.82) is 0 Å². The fourth-order valence-electron chi connectivity index (χ4n) is 4.17. The molecule has 0 unspecified atom stereocenters. The topological polar surface area (TPSA) is 103 Å². The smallest absolute Gasteiger partial charge is 0.330 e. The van der Waals surface area contributed by atoms with Crippen LogP contribution in [0.15, 0.2) is 15.8 Å². The summed E-state index contributed by atoms with van der Waals surface area (Å²) >= 11 is 0. The summed E-state index contributed by atoms with van der Waals surface area (Å²) in [7, 11) is -6.43. The minimum absolute atomic E-state index is 0.0115. The fourth-order valence-corrected chi connectivity index (χ4v) is 7.37. The molecule has 1 saturated heterocycles. The van der Waals surface area contributed by atoms with E-state index in [9.17, 15) is 14.4 Å². The molecule has 4 atom stereocenters. The minimum atomic E-state index is -2.16. The zero-order chi connectivity index (χ0) is 28.0. The summed E-state index contributed by atoms with van der Waals surface area (Å²) in [4.78, 5) is 42.6. The Balaban J connectivity index is 2.75. The van der Waals surface area contributed by atoms with Crippen molar-refractivity contribution in [3.05, 3.63) is 32.6 Å². The van der Waals surface area contributed by atoms with E-state index in [2.05, 4.69) is 78.1 Å². The summed E-state index contributed by atoms with van der Waals surface area (Å²) in [6.07, 6.45) is -0.332. The molecule has 1 aromatic rings. The Bertz CT molecular complexity index is 1070. The van der Waals surface area contributed by atoms with Gasteiger partial charge in [-0.2, -0.15) is 0 Å². The molecule has 0 bridgehead atoms. The molecule has 0 aromatic carbocycles. The average Bonchev–Trinajstić information content (AvgIpc) is 2.92. The van der Waals surface area contributed by atoms with Gasteiger partial charge in [-0.25, -0.2) is 4.79 Å². The van der Waals surface area contributed by atoms with E-state index in [4.69, 9.17) is 13.3 Å². The number of H-pyrrole nitrogens is 1. The monoisotopic (exact) mass is 557 g/mol. The number of carbonyl (C=O) groups is 1. The summed E-state index contributed by atoms with van der Waals surface area (Å²) in [5.74, 6) is -0.203. The van der Waals surface area contributed by atoms with Gasteiger partial charge in [0, 0.05) is 18.7 Å². The van der Waals surface area contributed by atoms with E-state index in [0.29, 0.717) is 5.56 Å². The van der Waals surface area contributed by atoms with Crippen molar-refractivity contribution < 1.29 is 18.1 Å². The summed E-state index contributed by atoms with van der Waals surface area (Å²) in [6.45, 7) is 26.8. The maximum Gasteiger partial charge on any atom is 0.330 e. The Labute approximate surface area is 218 Å². The molecule has 12 heteroatoms. The maximum atomic E-state index is 13.3. The first-order valence-electron chi connectivity index (χ1n) is 12.7. The van der Waals surface area contributed by atoms with Crippen molar-refractivity contribution >= 4 is 30.9 Å². The van der Waals surface area contributed by atoms with Crippen LogP contribution in [0, 0.1) is 6.92 Å². The number of aromatic amines is 1. The number of nitrogens with one attached hydrogen (secondary N) is 1. The Hall–Kier alpha value is -1.32. The first-order valence-corrected chi connectivity index (χ1v) is 22.4. The Morgan fingerprint density at radius 1 is 0.972 bits per heavy atom. The van der Waals surface area contributed by atoms with E-state index in [1.165, 1.54) is 17.7 Å². The second-order valence-electron chi connectivity index (χ2n) is 13.3. The van der Waals surface area contributed by atoms with Crippen molar-refractivity contribution in [2.75, 3.05) is 6.61 Å². The summed E-state index contributed by atoms with van der Waals surface area (Å²) in [5, 5.41) is -0.0115. The molecule has 0 spiro atoms. The molecule has 9 nitrogen and oxygen atoms in total. The zero-order valence-corrected chi connectivity index (χ0v) is 27.4. The summed E-state index contributed by atoms with van der Waals surface area (Å²) in [6, 6.07) is -0.450. The summed E-state index contributed by atoms with van der Waals surface area (Å²) in [5.41, 5.74) is -0.642. The molecular formula is C24H47N3O6Si3. The third-order valence-electron chi connectivity index (χ3n) is 6.83. The van der Waals surface area contributed by atoms with Crippen LogP contribution in [-0.2, 0) is 18.1 Å². The van der Waals surface area contributed by atoms with Crippen molar-refractivity contribution in [2.45, 2.75) is 116 Å². The molecule has 0 saturated carbocycles. The lowest BCUT2D eigenvalue weighted by molar-refractivity contribution is -0.135. The van der Waals surface area contributed by atoms with Gasteiger partial charge in [-0.15, -0.1) is 0 Å². The highest BCUT2D eigenvalue weighted by atomic mass is 28.4. The van der Waals surface area contributed by atoms with Crippen LogP contribution in [0.4, 0.5) is 0 Å². The van der Waals surface area contributed by atoms with E-state index < -0.39 is 60.6 Å². The van der Waals surface area contributed by atoms with Gasteiger partial charge in [-0.1, -0.05) is 20.8 Å². The number of likely N-dealkylation sites (tertiary alicyclic amines) is 1. The maximum absolute atomic E-state index is 13.3. The highest BCUT2D eigenvalue weighted by Gasteiger charge is 2.55. The van der Waals surface area contributed by atoms with Crippen LogP contribution in [0.25, 0.3) is 0 Å². The molecule has 2 heterocycles. The van der Waals surface area contributed by atoms with Gasteiger partial charge in [0.25, 0.3) is 5.56 Å². The van der Waals surface area contributed by atoms with Crippen LogP contribution in [-0.4, -0.2) is 70.2 Å². The van der Waals surface area contributed by atoms with E-state index >= 15 is 0 Å². The van der Waals surface area contributed by atoms with Gasteiger partial charge in [-0.05, 0) is 64.3 Å². The summed E-state index contributed by atoms with van der Waals surface area (Å²) < 4.78 is 21.5. The second kappa shape index (κ2) is 10.4. The van der Waals surface area contributed by atoms with Crippen LogP contribution in [0.5, 0.6) is 0 Å². The van der Waals surface area contributed by atoms with Crippen LogP contribution >= 0.6 is 0 Å². The van der Waals surface area contributed by atoms with E-state index in [-0.39, 0.29) is 17.6 Å². The predicted molar refractivity (Wildman–Crippen MR) is 151 cm³/mol. The SMILES string of the molecule is CC(=O)N1[C@H](CO[Si](C)(C)C(C)(C)C)[C@@H](O[Si](C)(C)C)[C@@H](O[Si](C)(C)C)[C@@H]1n1cc(C)c(=O)[nH]c1=O. The quantitative estimate of drug-likeness (QED) is 0.484. The molecule has 0 radical (unpaired) electrons. The predicted octanol–water partition coefficient (Wildman–Crippen LogP) is 4.04. The van der Waals surface area contributed by atoms with Gasteiger partial charge < -0.3 is 18.2 Å². The standard InChI is InChI=1S/C24H47N3O6Si3/c1-16-14-26(23(30)25-21(16)29)22-20(33-35(9,10)11)19(32-34(6,7)8)18(27(22)17(2)28)15-31-36(12,13)24(3,4)5/h14,18-20,22H,15H2,1-13H3,(H,25,29,30)/t18-,19-,20-,22-/m1/s1. The van der Waals surface area contributed by atoms with E-state index in [0.717, 1.165) is 0 Å². The van der Waals surface area contributed by atoms with Gasteiger partial charge in [0.05, 0.1) is 18.8 Å². The zero-order valence-electron chi connectivity index (χ0n) is 24.4. The molecular weight excluding hydrogens is 511 g/mol. The van der Waals surface area contributed by atoms with E-state index in [1.54, 1.807) is 11.8 Å². The molecule has 1 aromatic heterocycles. The Kier molecular flexibility index (Phi) is 8.97. The third kappa shape index (κ3) is 7.16. The van der Waals surface area contributed by atoms with E-state index in [1.807, 2.05) is 0 Å². The number of carbonyl (C=O) groups excluding carboxylic acids is 1. The largest absolute Gasteiger partial charge is 0.415 e. The minimum Gasteiger partial charge on any atom is -0.415 e. The molecule has 206 valence electrons. The van der Waals surface area contributed by atoms with Gasteiger partial charge in [0.1, 0.15) is 12.3 Å². The Morgan fingerprint density at radius 3 is 1.92 bits per heavy atom. The molecule has 1 amide bonds. The second-order valence-corrected chi connectivity index (χ2v) is 27.1.